The van der Waals surface area contributed by atoms with Crippen molar-refractivity contribution in [1.29, 1.82) is 0 Å². The van der Waals surface area contributed by atoms with Crippen molar-refractivity contribution in [3.05, 3.63) is 29.3 Å². The zero-order chi connectivity index (χ0) is 11.6. The fourth-order valence-corrected chi connectivity index (χ4v) is 2.02. The van der Waals surface area contributed by atoms with Crippen molar-refractivity contribution in [3.8, 4) is 0 Å². The molecule has 0 fully saturated rings. The Morgan fingerprint density at radius 1 is 1.47 bits per heavy atom. The Hall–Kier alpha value is -1.07. The van der Waals surface area contributed by atoms with Crippen LogP contribution in [0.3, 0.4) is 0 Å². The number of rotatable bonds is 3. The maximum Gasteiger partial charge on any atom is 0.307 e. The van der Waals surface area contributed by atoms with Crippen LogP contribution in [0, 0.1) is 6.92 Å². The van der Waals surface area contributed by atoms with Crippen LogP contribution in [0.15, 0.2) is 23.1 Å². The Morgan fingerprint density at radius 2 is 2.07 bits per heavy atom. The third kappa shape index (κ3) is 3.21. The predicted molar refractivity (Wildman–Crippen MR) is 55.6 cm³/mol. The topological polar surface area (TPSA) is 71.4 Å². The van der Waals surface area contributed by atoms with Crippen LogP contribution in [0.1, 0.15) is 11.1 Å². The standard InChI is InChI=1S/C9H9ClO4S/c1-6-4-8(15(10,13)14)3-2-7(6)5-9(11)12/h2-4H,5H2,1H3,(H,11,12). The van der Waals surface area contributed by atoms with E-state index in [2.05, 4.69) is 0 Å². The molecule has 0 saturated heterocycles. The summed E-state index contributed by atoms with van der Waals surface area (Å²) >= 11 is 0. The van der Waals surface area contributed by atoms with Gasteiger partial charge in [0.25, 0.3) is 9.05 Å². The monoisotopic (exact) mass is 248 g/mol. The number of hydrogen-bond acceptors (Lipinski definition) is 3. The van der Waals surface area contributed by atoms with Crippen LogP contribution in [-0.2, 0) is 20.3 Å². The Bertz CT molecular complexity index is 493. The van der Waals surface area contributed by atoms with Crippen molar-refractivity contribution in [2.75, 3.05) is 0 Å². The van der Waals surface area contributed by atoms with Gasteiger partial charge in [0.1, 0.15) is 0 Å². The average molecular weight is 249 g/mol. The van der Waals surface area contributed by atoms with E-state index in [1.165, 1.54) is 18.2 Å². The van der Waals surface area contributed by atoms with Gasteiger partial charge in [-0.15, -0.1) is 0 Å². The normalized spacial score (nSPS) is 11.3. The highest BCUT2D eigenvalue weighted by molar-refractivity contribution is 8.13. The average Bonchev–Trinajstić information content (AvgIpc) is 2.05. The van der Waals surface area contributed by atoms with Crippen LogP contribution in [0.4, 0.5) is 0 Å². The number of carboxylic acids is 1. The lowest BCUT2D eigenvalue weighted by atomic mass is 10.1. The first-order valence-electron chi connectivity index (χ1n) is 4.06. The molecule has 0 heterocycles. The minimum atomic E-state index is -3.75. The van der Waals surface area contributed by atoms with Crippen LogP contribution in [0.5, 0.6) is 0 Å². The van der Waals surface area contributed by atoms with Crippen molar-refractivity contribution in [2.24, 2.45) is 0 Å². The van der Waals surface area contributed by atoms with Crippen molar-refractivity contribution >= 4 is 25.7 Å². The molecule has 0 unspecified atom stereocenters. The molecule has 0 amide bonds. The molecule has 6 heteroatoms. The summed E-state index contributed by atoms with van der Waals surface area (Å²) in [4.78, 5) is 10.4. The largest absolute Gasteiger partial charge is 0.481 e. The van der Waals surface area contributed by atoms with Crippen LogP contribution >= 0.6 is 10.7 Å². The molecular weight excluding hydrogens is 240 g/mol. The maximum absolute atomic E-state index is 11.0. The lowest BCUT2D eigenvalue weighted by Crippen LogP contribution is -2.03. The minimum Gasteiger partial charge on any atom is -0.481 e. The number of carboxylic acid groups (broad SMARTS) is 1. The van der Waals surface area contributed by atoms with Crippen LogP contribution < -0.4 is 0 Å². The minimum absolute atomic E-state index is 0.0178. The van der Waals surface area contributed by atoms with E-state index in [9.17, 15) is 13.2 Å². The second-order valence-corrected chi connectivity index (χ2v) is 5.66. The summed E-state index contributed by atoms with van der Waals surface area (Å²) < 4.78 is 21.9. The molecule has 0 saturated carbocycles. The van der Waals surface area contributed by atoms with Crippen molar-refractivity contribution in [2.45, 2.75) is 18.2 Å². The Balaban J connectivity index is 3.15. The maximum atomic E-state index is 11.0. The molecule has 15 heavy (non-hydrogen) atoms. The molecule has 0 aliphatic heterocycles. The molecule has 0 atom stereocenters. The summed E-state index contributed by atoms with van der Waals surface area (Å²) in [7, 11) is 1.40. The number of halogens is 1. The molecule has 4 nitrogen and oxygen atoms in total. The van der Waals surface area contributed by atoms with Gasteiger partial charge in [-0.2, -0.15) is 0 Å². The van der Waals surface area contributed by atoms with E-state index >= 15 is 0 Å². The van der Waals surface area contributed by atoms with Gasteiger partial charge in [0.15, 0.2) is 0 Å². The Labute approximate surface area is 91.9 Å². The summed E-state index contributed by atoms with van der Waals surface area (Å²) in [5, 5.41) is 8.58. The highest BCUT2D eigenvalue weighted by Gasteiger charge is 2.12. The molecule has 1 aromatic carbocycles. The molecule has 1 aromatic rings. The quantitative estimate of drug-likeness (QED) is 0.824. The fraction of sp³-hybridized carbons (Fsp3) is 0.222. The molecular formula is C9H9ClO4S. The predicted octanol–water partition coefficient (Wildman–Crippen LogP) is 1.55. The van der Waals surface area contributed by atoms with Gasteiger partial charge in [0.2, 0.25) is 0 Å². The third-order valence-corrected chi connectivity index (χ3v) is 3.29. The van der Waals surface area contributed by atoms with Gasteiger partial charge in [-0.1, -0.05) is 6.07 Å². The van der Waals surface area contributed by atoms with Gasteiger partial charge in [-0.25, -0.2) is 8.42 Å². The summed E-state index contributed by atoms with van der Waals surface area (Å²) in [5.74, 6) is -0.959. The molecule has 1 rings (SSSR count). The van der Waals surface area contributed by atoms with Crippen LogP contribution in [-0.4, -0.2) is 19.5 Å². The number of aryl methyl sites for hydroxylation is 1. The van der Waals surface area contributed by atoms with E-state index in [1.54, 1.807) is 6.92 Å². The van der Waals surface area contributed by atoms with E-state index in [4.69, 9.17) is 15.8 Å². The lowest BCUT2D eigenvalue weighted by molar-refractivity contribution is -0.136. The second kappa shape index (κ2) is 4.20. The summed E-state index contributed by atoms with van der Waals surface area (Å²) in [6.07, 6.45) is -0.131. The molecule has 0 aliphatic rings. The van der Waals surface area contributed by atoms with Crippen LogP contribution in [0.2, 0.25) is 0 Å². The molecule has 0 radical (unpaired) electrons. The van der Waals surface area contributed by atoms with E-state index < -0.39 is 15.0 Å². The van der Waals surface area contributed by atoms with Gasteiger partial charge in [-0.05, 0) is 30.2 Å². The number of carbonyl (C=O) groups is 1. The molecule has 0 bridgehead atoms. The van der Waals surface area contributed by atoms with Crippen molar-refractivity contribution in [3.63, 3.8) is 0 Å². The molecule has 0 aromatic heterocycles. The van der Waals surface area contributed by atoms with E-state index in [0.717, 1.165) is 0 Å². The summed E-state index contributed by atoms with van der Waals surface area (Å²) in [6.45, 7) is 1.64. The van der Waals surface area contributed by atoms with Gasteiger partial charge >= 0.3 is 5.97 Å². The zero-order valence-electron chi connectivity index (χ0n) is 7.90. The fourth-order valence-electron chi connectivity index (χ4n) is 1.18. The zero-order valence-corrected chi connectivity index (χ0v) is 9.47. The smallest absolute Gasteiger partial charge is 0.307 e. The summed E-state index contributed by atoms with van der Waals surface area (Å²) in [5.41, 5.74) is 1.17. The Kier molecular flexibility index (Phi) is 3.36. The molecule has 0 aliphatic carbocycles. The Morgan fingerprint density at radius 3 is 2.47 bits per heavy atom. The van der Waals surface area contributed by atoms with Crippen molar-refractivity contribution in [1.82, 2.24) is 0 Å². The second-order valence-electron chi connectivity index (χ2n) is 3.10. The van der Waals surface area contributed by atoms with Gasteiger partial charge < -0.3 is 5.11 Å². The van der Waals surface area contributed by atoms with Crippen molar-refractivity contribution < 1.29 is 18.3 Å². The van der Waals surface area contributed by atoms with Crippen LogP contribution in [0.25, 0.3) is 0 Å². The number of aliphatic carboxylic acids is 1. The lowest BCUT2D eigenvalue weighted by Gasteiger charge is -2.04. The molecule has 1 N–H and O–H groups in total. The van der Waals surface area contributed by atoms with E-state index in [-0.39, 0.29) is 11.3 Å². The number of benzene rings is 1. The highest BCUT2D eigenvalue weighted by atomic mass is 35.7. The molecule has 82 valence electrons. The summed E-state index contributed by atoms with van der Waals surface area (Å²) in [6, 6.07) is 4.12. The first-order chi connectivity index (χ1) is 6.80. The van der Waals surface area contributed by atoms with E-state index in [0.29, 0.717) is 11.1 Å². The highest BCUT2D eigenvalue weighted by Crippen LogP contribution is 2.19. The third-order valence-electron chi connectivity index (χ3n) is 1.94. The van der Waals surface area contributed by atoms with Gasteiger partial charge in [0, 0.05) is 10.7 Å². The SMILES string of the molecule is Cc1cc(S(=O)(=O)Cl)ccc1CC(=O)O. The van der Waals surface area contributed by atoms with Gasteiger partial charge in [0.05, 0.1) is 11.3 Å². The van der Waals surface area contributed by atoms with Gasteiger partial charge in [-0.3, -0.25) is 4.79 Å². The number of hydrogen-bond donors (Lipinski definition) is 1. The van der Waals surface area contributed by atoms with E-state index in [1.807, 2.05) is 0 Å². The first kappa shape index (κ1) is 12.0. The first-order valence-corrected chi connectivity index (χ1v) is 6.37. The molecule has 0 spiro atoms.